The lowest BCUT2D eigenvalue weighted by atomic mass is 9.94. The molecule has 30 heavy (non-hydrogen) atoms. The van der Waals surface area contributed by atoms with Crippen LogP contribution in [-0.4, -0.2) is 25.6 Å². The van der Waals surface area contributed by atoms with Gasteiger partial charge in [0.2, 0.25) is 0 Å². The summed E-state index contributed by atoms with van der Waals surface area (Å²) in [7, 11) is 0. The second-order valence-corrected chi connectivity index (χ2v) is 9.85. The number of thiocarbonyl (C=S) groups is 1. The van der Waals surface area contributed by atoms with E-state index in [4.69, 9.17) is 17.2 Å². The van der Waals surface area contributed by atoms with Gasteiger partial charge in [0.1, 0.15) is 0 Å². The lowest BCUT2D eigenvalue weighted by molar-refractivity contribution is 0.244. The van der Waals surface area contributed by atoms with Gasteiger partial charge in [0.25, 0.3) is 0 Å². The van der Waals surface area contributed by atoms with Crippen LogP contribution in [0.15, 0.2) is 30.5 Å². The highest BCUT2D eigenvalue weighted by atomic mass is 32.1. The predicted molar refractivity (Wildman–Crippen MR) is 126 cm³/mol. The molecule has 4 nitrogen and oxygen atoms in total. The highest BCUT2D eigenvalue weighted by Crippen LogP contribution is 2.45. The van der Waals surface area contributed by atoms with Crippen LogP contribution in [0.2, 0.25) is 0 Å². The molecule has 2 atom stereocenters. The first-order valence-corrected chi connectivity index (χ1v) is 12.2. The van der Waals surface area contributed by atoms with E-state index < -0.39 is 0 Å². The summed E-state index contributed by atoms with van der Waals surface area (Å²) in [4.78, 5) is 7.26. The van der Waals surface area contributed by atoms with E-state index in [1.54, 1.807) is 0 Å². The standard InChI is InChI=1S/C25H34N4S/c1-17-16-21(18(2)28(17)19-10-4-3-5-11-19)24-23(22-14-8-9-15-26-22)27-25(30)29(24)20-12-6-7-13-20/h8-9,14-16,19-20,23-24H,3-7,10-13H2,1-2H3,(H,27,30)/t23-,24+/m1/s1. The van der Waals surface area contributed by atoms with Gasteiger partial charge in [0.05, 0.1) is 17.8 Å². The monoisotopic (exact) mass is 422 g/mol. The average Bonchev–Trinajstić information content (AvgIpc) is 3.47. The molecule has 0 unspecified atom stereocenters. The van der Waals surface area contributed by atoms with E-state index in [1.807, 2.05) is 12.3 Å². The topological polar surface area (TPSA) is 33.1 Å². The van der Waals surface area contributed by atoms with Gasteiger partial charge < -0.3 is 14.8 Å². The van der Waals surface area contributed by atoms with E-state index in [2.05, 4.69) is 46.8 Å². The van der Waals surface area contributed by atoms with Gasteiger partial charge in [-0.3, -0.25) is 4.98 Å². The molecule has 2 saturated carbocycles. The minimum atomic E-state index is 0.111. The number of hydrogen-bond donors (Lipinski definition) is 1. The van der Waals surface area contributed by atoms with Crippen molar-refractivity contribution < 1.29 is 0 Å². The maximum absolute atomic E-state index is 5.92. The number of aromatic nitrogens is 2. The molecule has 5 heteroatoms. The fraction of sp³-hybridized carbons (Fsp3) is 0.600. The average molecular weight is 423 g/mol. The van der Waals surface area contributed by atoms with Gasteiger partial charge in [0.15, 0.2) is 5.11 Å². The second kappa shape index (κ2) is 8.33. The third-order valence-electron chi connectivity index (χ3n) is 7.64. The van der Waals surface area contributed by atoms with E-state index in [0.717, 1.165) is 10.8 Å². The summed E-state index contributed by atoms with van der Waals surface area (Å²) in [5.41, 5.74) is 5.36. The highest BCUT2D eigenvalue weighted by molar-refractivity contribution is 7.80. The molecule has 0 amide bonds. The van der Waals surface area contributed by atoms with Crippen LogP contribution < -0.4 is 5.32 Å². The SMILES string of the molecule is Cc1cc([C@H]2[C@@H](c3ccccn3)NC(=S)N2C2CCCC2)c(C)n1C1CCCCC1. The Morgan fingerprint density at radius 3 is 2.37 bits per heavy atom. The van der Waals surface area contributed by atoms with Gasteiger partial charge in [-0.05, 0) is 75.5 Å². The molecule has 160 valence electrons. The second-order valence-electron chi connectivity index (χ2n) is 9.46. The van der Waals surface area contributed by atoms with Crippen molar-refractivity contribution in [2.75, 3.05) is 0 Å². The molecule has 2 aromatic heterocycles. The predicted octanol–water partition coefficient (Wildman–Crippen LogP) is 5.92. The molecule has 3 fully saturated rings. The van der Waals surface area contributed by atoms with Crippen LogP contribution in [0.25, 0.3) is 0 Å². The van der Waals surface area contributed by atoms with Crippen molar-refractivity contribution in [3.63, 3.8) is 0 Å². The Morgan fingerprint density at radius 1 is 0.967 bits per heavy atom. The summed E-state index contributed by atoms with van der Waals surface area (Å²) in [5.74, 6) is 0. The van der Waals surface area contributed by atoms with E-state index in [9.17, 15) is 0 Å². The molecule has 2 aromatic rings. The summed E-state index contributed by atoms with van der Waals surface area (Å²) in [6, 6.07) is 10.2. The first kappa shape index (κ1) is 20.0. The fourth-order valence-corrected chi connectivity index (χ4v) is 6.67. The van der Waals surface area contributed by atoms with Crippen molar-refractivity contribution in [1.82, 2.24) is 19.8 Å². The van der Waals surface area contributed by atoms with Crippen molar-refractivity contribution in [2.45, 2.75) is 95.8 Å². The summed E-state index contributed by atoms with van der Waals surface area (Å²) >= 11 is 5.92. The number of rotatable bonds is 4. The Kier molecular flexibility index (Phi) is 5.57. The highest BCUT2D eigenvalue weighted by Gasteiger charge is 2.45. The van der Waals surface area contributed by atoms with Crippen LogP contribution in [0.5, 0.6) is 0 Å². The number of hydrogen-bond acceptors (Lipinski definition) is 2. The Bertz CT molecular complexity index is 893. The maximum atomic E-state index is 5.92. The molecule has 3 heterocycles. The molecule has 1 aliphatic heterocycles. The van der Waals surface area contributed by atoms with Gasteiger partial charge in [-0.1, -0.05) is 38.2 Å². The van der Waals surface area contributed by atoms with E-state index in [1.165, 1.54) is 74.7 Å². The van der Waals surface area contributed by atoms with Crippen LogP contribution >= 0.6 is 12.2 Å². The lowest BCUT2D eigenvalue weighted by Crippen LogP contribution is -2.37. The van der Waals surface area contributed by atoms with E-state index in [0.29, 0.717) is 12.1 Å². The lowest BCUT2D eigenvalue weighted by Gasteiger charge is -2.33. The summed E-state index contributed by atoms with van der Waals surface area (Å²) in [5, 5.41) is 4.57. The van der Waals surface area contributed by atoms with Crippen LogP contribution in [0.4, 0.5) is 0 Å². The van der Waals surface area contributed by atoms with Crippen molar-refractivity contribution in [2.24, 2.45) is 0 Å². The zero-order chi connectivity index (χ0) is 20.7. The normalized spacial score (nSPS) is 25.8. The zero-order valence-corrected chi connectivity index (χ0v) is 19.1. The van der Waals surface area contributed by atoms with Crippen molar-refractivity contribution >= 4 is 17.3 Å². The van der Waals surface area contributed by atoms with Crippen LogP contribution in [0, 0.1) is 13.8 Å². The first-order valence-electron chi connectivity index (χ1n) is 11.8. The third-order valence-corrected chi connectivity index (χ3v) is 7.96. The Morgan fingerprint density at radius 2 is 1.67 bits per heavy atom. The van der Waals surface area contributed by atoms with Crippen LogP contribution in [0.1, 0.15) is 98.6 Å². The Labute approximate surface area is 186 Å². The molecule has 0 radical (unpaired) electrons. The summed E-state index contributed by atoms with van der Waals surface area (Å²) in [6.07, 6.45) is 13.7. The molecule has 5 rings (SSSR count). The van der Waals surface area contributed by atoms with Crippen LogP contribution in [-0.2, 0) is 0 Å². The minimum absolute atomic E-state index is 0.111. The van der Waals surface area contributed by atoms with E-state index >= 15 is 0 Å². The molecule has 0 spiro atoms. The van der Waals surface area contributed by atoms with Crippen molar-refractivity contribution in [1.29, 1.82) is 0 Å². The molecule has 0 bridgehead atoms. The molecule has 1 saturated heterocycles. The largest absolute Gasteiger partial charge is 0.352 e. The number of aryl methyl sites for hydroxylation is 1. The molecular weight excluding hydrogens is 388 g/mol. The van der Waals surface area contributed by atoms with Crippen LogP contribution in [0.3, 0.4) is 0 Å². The smallest absolute Gasteiger partial charge is 0.170 e. The van der Waals surface area contributed by atoms with Gasteiger partial charge in [-0.25, -0.2) is 0 Å². The van der Waals surface area contributed by atoms with Gasteiger partial charge in [-0.2, -0.15) is 0 Å². The molecule has 2 aliphatic carbocycles. The Balaban J connectivity index is 1.58. The van der Waals surface area contributed by atoms with Gasteiger partial charge >= 0.3 is 0 Å². The minimum Gasteiger partial charge on any atom is -0.352 e. The quantitative estimate of drug-likeness (QED) is 0.620. The third kappa shape index (κ3) is 3.45. The number of nitrogens with zero attached hydrogens (tertiary/aromatic N) is 3. The van der Waals surface area contributed by atoms with Gasteiger partial charge in [0, 0.05) is 29.7 Å². The molecular formula is C25H34N4S. The Hall–Kier alpha value is -1.88. The van der Waals surface area contributed by atoms with E-state index in [-0.39, 0.29) is 12.1 Å². The van der Waals surface area contributed by atoms with Crippen molar-refractivity contribution in [3.05, 3.63) is 53.1 Å². The summed E-state index contributed by atoms with van der Waals surface area (Å²) < 4.78 is 2.64. The fourth-order valence-electron chi connectivity index (χ4n) is 6.28. The maximum Gasteiger partial charge on any atom is 0.170 e. The zero-order valence-electron chi connectivity index (χ0n) is 18.3. The molecule has 1 N–H and O–H groups in total. The number of nitrogens with one attached hydrogen (secondary N) is 1. The molecule has 0 aromatic carbocycles. The molecule has 3 aliphatic rings. The van der Waals surface area contributed by atoms with Gasteiger partial charge in [-0.15, -0.1) is 0 Å². The van der Waals surface area contributed by atoms with Crippen molar-refractivity contribution in [3.8, 4) is 0 Å². The number of pyridine rings is 1. The first-order chi connectivity index (χ1) is 14.6. The summed E-state index contributed by atoms with van der Waals surface area (Å²) in [6.45, 7) is 4.63.